The van der Waals surface area contributed by atoms with Crippen LogP contribution >= 0.6 is 0 Å². The van der Waals surface area contributed by atoms with Crippen molar-refractivity contribution in [3.63, 3.8) is 0 Å². The minimum atomic E-state index is -3.53. The average molecular weight is 499 g/mol. The molecule has 2 aromatic rings. The second-order valence-electron chi connectivity index (χ2n) is 9.43. The van der Waals surface area contributed by atoms with E-state index in [4.69, 9.17) is 0 Å². The molecule has 3 amide bonds. The van der Waals surface area contributed by atoms with E-state index in [2.05, 4.69) is 10.0 Å². The fraction of sp³-hybridized carbons (Fsp3) is 0.400. The Hall–Kier alpha value is -3.24. The van der Waals surface area contributed by atoms with E-state index in [1.54, 1.807) is 74.2 Å². The van der Waals surface area contributed by atoms with Crippen LogP contribution in [0.1, 0.15) is 55.1 Å². The lowest BCUT2D eigenvalue weighted by molar-refractivity contribution is -0.124. The fourth-order valence-corrected chi connectivity index (χ4v) is 6.30. The third-order valence-electron chi connectivity index (χ3n) is 6.40. The smallest absolute Gasteiger partial charge is 0.258 e. The Kier molecular flexibility index (Phi) is 6.70. The van der Waals surface area contributed by atoms with Crippen molar-refractivity contribution in [2.24, 2.45) is 0 Å². The molecule has 0 spiro atoms. The number of fused-ring (bicyclic) bond motifs is 3. The monoisotopic (exact) mass is 498 g/mol. The molecule has 35 heavy (non-hydrogen) atoms. The standard InChI is InChI=1S/C25H30N4O5S/c1-17(2)27-35(33,34)16-19-9-5-4-8-18(19)14-26-22(30)15-28-24(32)20-10-6-7-11-21(20)29-23(31)12-13-25(28,29)3/h4-11,17,27H,12-16H2,1-3H3,(H,26,30). The Morgan fingerprint density at radius 1 is 1.06 bits per heavy atom. The number of carbonyl (C=O) groups excluding carboxylic acids is 3. The predicted molar refractivity (Wildman–Crippen MR) is 132 cm³/mol. The normalized spacial score (nSPS) is 19.7. The Labute approximate surface area is 205 Å². The summed E-state index contributed by atoms with van der Waals surface area (Å²) in [5.74, 6) is -0.969. The van der Waals surface area contributed by atoms with Gasteiger partial charge in [0.05, 0.1) is 17.0 Å². The maximum Gasteiger partial charge on any atom is 0.258 e. The average Bonchev–Trinajstić information content (AvgIpc) is 3.10. The highest BCUT2D eigenvalue weighted by Gasteiger charge is 2.53. The van der Waals surface area contributed by atoms with Crippen LogP contribution in [0, 0.1) is 0 Å². The van der Waals surface area contributed by atoms with Crippen LogP contribution in [0.4, 0.5) is 5.69 Å². The molecule has 2 heterocycles. The summed E-state index contributed by atoms with van der Waals surface area (Å²) >= 11 is 0. The van der Waals surface area contributed by atoms with Gasteiger partial charge in [-0.2, -0.15) is 0 Å². The summed E-state index contributed by atoms with van der Waals surface area (Å²) < 4.78 is 27.4. The lowest BCUT2D eigenvalue weighted by Gasteiger charge is -2.48. The van der Waals surface area contributed by atoms with Crippen LogP contribution in [-0.2, 0) is 31.9 Å². The summed E-state index contributed by atoms with van der Waals surface area (Å²) in [5, 5.41) is 2.81. The highest BCUT2D eigenvalue weighted by atomic mass is 32.2. The number of benzene rings is 2. The van der Waals surface area contributed by atoms with E-state index in [9.17, 15) is 22.8 Å². The number of nitrogens with zero attached hydrogens (tertiary/aromatic N) is 2. The molecule has 1 saturated heterocycles. The van der Waals surface area contributed by atoms with Gasteiger partial charge in [-0.1, -0.05) is 36.4 Å². The third kappa shape index (κ3) is 4.94. The first kappa shape index (κ1) is 24.9. The van der Waals surface area contributed by atoms with Crippen LogP contribution in [0.2, 0.25) is 0 Å². The Morgan fingerprint density at radius 3 is 2.43 bits per heavy atom. The van der Waals surface area contributed by atoms with Gasteiger partial charge in [-0.25, -0.2) is 13.1 Å². The molecule has 9 nitrogen and oxygen atoms in total. The number of anilines is 1. The number of hydrogen-bond donors (Lipinski definition) is 2. The first-order valence-electron chi connectivity index (χ1n) is 11.6. The summed E-state index contributed by atoms with van der Waals surface area (Å²) in [7, 11) is -3.53. The van der Waals surface area contributed by atoms with E-state index in [1.807, 2.05) is 0 Å². The van der Waals surface area contributed by atoms with Gasteiger partial charge in [0, 0.05) is 19.0 Å². The first-order chi connectivity index (χ1) is 16.5. The van der Waals surface area contributed by atoms with Gasteiger partial charge in [0.15, 0.2) is 0 Å². The molecule has 0 radical (unpaired) electrons. The van der Waals surface area contributed by atoms with E-state index >= 15 is 0 Å². The molecule has 2 aliphatic rings. The van der Waals surface area contributed by atoms with E-state index in [0.717, 1.165) is 0 Å². The maximum absolute atomic E-state index is 13.3. The van der Waals surface area contributed by atoms with Gasteiger partial charge < -0.3 is 10.2 Å². The fourth-order valence-electron chi connectivity index (χ4n) is 4.81. The van der Waals surface area contributed by atoms with Crippen molar-refractivity contribution in [2.45, 2.75) is 57.6 Å². The zero-order valence-corrected chi connectivity index (χ0v) is 20.9. The first-order valence-corrected chi connectivity index (χ1v) is 13.2. The molecule has 0 bridgehead atoms. The van der Waals surface area contributed by atoms with Crippen molar-refractivity contribution in [3.8, 4) is 0 Å². The van der Waals surface area contributed by atoms with E-state index in [0.29, 0.717) is 35.2 Å². The summed E-state index contributed by atoms with van der Waals surface area (Å²) in [4.78, 5) is 42.0. The minimum Gasteiger partial charge on any atom is -0.350 e. The highest BCUT2D eigenvalue weighted by molar-refractivity contribution is 7.88. The summed E-state index contributed by atoms with van der Waals surface area (Å²) in [5.41, 5.74) is 1.30. The van der Waals surface area contributed by atoms with Gasteiger partial charge in [-0.15, -0.1) is 0 Å². The van der Waals surface area contributed by atoms with Crippen molar-refractivity contribution < 1.29 is 22.8 Å². The van der Waals surface area contributed by atoms with Gasteiger partial charge in [0.2, 0.25) is 21.8 Å². The zero-order valence-electron chi connectivity index (χ0n) is 20.1. The number of rotatable bonds is 8. The van der Waals surface area contributed by atoms with Crippen LogP contribution in [0.25, 0.3) is 0 Å². The molecule has 1 atom stereocenters. The molecule has 0 aliphatic carbocycles. The Morgan fingerprint density at radius 2 is 1.71 bits per heavy atom. The number of nitrogens with one attached hydrogen (secondary N) is 2. The second-order valence-corrected chi connectivity index (χ2v) is 11.2. The molecule has 2 aromatic carbocycles. The van der Waals surface area contributed by atoms with Gasteiger partial charge in [-0.05, 0) is 50.5 Å². The number of para-hydroxylation sites is 1. The van der Waals surface area contributed by atoms with Crippen molar-refractivity contribution in [3.05, 3.63) is 65.2 Å². The molecule has 2 aliphatic heterocycles. The SMILES string of the molecule is CC(C)NS(=O)(=O)Cc1ccccc1CNC(=O)CN1C(=O)c2ccccc2N2C(=O)CCC12C. The lowest BCUT2D eigenvalue weighted by atomic mass is 9.98. The minimum absolute atomic E-state index is 0.0806. The lowest BCUT2D eigenvalue weighted by Crippen LogP contribution is -2.63. The third-order valence-corrected chi connectivity index (χ3v) is 7.92. The van der Waals surface area contributed by atoms with Gasteiger partial charge in [-0.3, -0.25) is 19.3 Å². The zero-order chi connectivity index (χ0) is 25.4. The van der Waals surface area contributed by atoms with Crippen LogP contribution < -0.4 is 14.9 Å². The molecule has 10 heteroatoms. The summed E-state index contributed by atoms with van der Waals surface area (Å²) in [6, 6.07) is 13.7. The van der Waals surface area contributed by atoms with Crippen molar-refractivity contribution in [2.75, 3.05) is 11.4 Å². The van der Waals surface area contributed by atoms with Crippen LogP contribution in [0.3, 0.4) is 0 Å². The molecular formula is C25H30N4O5S. The molecule has 0 saturated carbocycles. The van der Waals surface area contributed by atoms with Crippen LogP contribution in [0.15, 0.2) is 48.5 Å². The number of sulfonamides is 1. The number of amides is 3. The summed E-state index contributed by atoms with van der Waals surface area (Å²) in [6.07, 6.45) is 0.727. The van der Waals surface area contributed by atoms with E-state index in [-0.39, 0.29) is 36.7 Å². The molecule has 1 fully saturated rings. The molecule has 4 rings (SSSR count). The van der Waals surface area contributed by atoms with Crippen LogP contribution in [0.5, 0.6) is 0 Å². The summed E-state index contributed by atoms with van der Waals surface area (Å²) in [6.45, 7) is 5.21. The second kappa shape index (κ2) is 9.43. The molecular weight excluding hydrogens is 468 g/mol. The van der Waals surface area contributed by atoms with Gasteiger partial charge in [0.25, 0.3) is 5.91 Å². The van der Waals surface area contributed by atoms with Crippen LogP contribution in [-0.4, -0.2) is 49.3 Å². The van der Waals surface area contributed by atoms with Crippen molar-refractivity contribution >= 4 is 33.4 Å². The maximum atomic E-state index is 13.3. The highest BCUT2D eigenvalue weighted by Crippen LogP contribution is 2.43. The predicted octanol–water partition coefficient (Wildman–Crippen LogP) is 2.13. The number of carbonyl (C=O) groups is 3. The molecule has 1 unspecified atom stereocenters. The number of hydrogen-bond acceptors (Lipinski definition) is 5. The topological polar surface area (TPSA) is 116 Å². The Balaban J connectivity index is 1.49. The quantitative estimate of drug-likeness (QED) is 0.579. The van der Waals surface area contributed by atoms with Gasteiger partial charge >= 0.3 is 0 Å². The Bertz CT molecular complexity index is 1280. The van der Waals surface area contributed by atoms with Gasteiger partial charge in [0.1, 0.15) is 12.2 Å². The van der Waals surface area contributed by atoms with E-state index in [1.165, 1.54) is 4.90 Å². The molecule has 0 aromatic heterocycles. The van der Waals surface area contributed by atoms with Crippen molar-refractivity contribution in [1.29, 1.82) is 0 Å². The van der Waals surface area contributed by atoms with E-state index < -0.39 is 21.6 Å². The van der Waals surface area contributed by atoms with Crippen molar-refractivity contribution in [1.82, 2.24) is 14.9 Å². The molecule has 2 N–H and O–H groups in total. The largest absolute Gasteiger partial charge is 0.350 e. The molecule has 186 valence electrons.